The van der Waals surface area contributed by atoms with Crippen LogP contribution in [0.25, 0.3) is 0 Å². The highest BCUT2D eigenvalue weighted by Gasteiger charge is 2.22. The van der Waals surface area contributed by atoms with Gasteiger partial charge < -0.3 is 20.6 Å². The molecule has 3 atom stereocenters. The maximum absolute atomic E-state index is 12.5. The molecule has 370 valence electrons. The first-order valence-corrected chi connectivity index (χ1v) is 28.0. The van der Waals surface area contributed by atoms with Crippen LogP contribution in [0.1, 0.15) is 290 Å². The van der Waals surface area contributed by atoms with E-state index in [-0.39, 0.29) is 6.61 Å². The van der Waals surface area contributed by atoms with E-state index in [1.54, 1.807) is 6.08 Å². The van der Waals surface area contributed by atoms with Crippen molar-refractivity contribution >= 4 is 5.91 Å². The van der Waals surface area contributed by atoms with Gasteiger partial charge in [-0.1, -0.05) is 268 Å². The molecule has 0 aliphatic carbocycles. The van der Waals surface area contributed by atoms with Crippen molar-refractivity contribution in [2.45, 2.75) is 308 Å². The van der Waals surface area contributed by atoms with Crippen molar-refractivity contribution in [3.05, 3.63) is 48.6 Å². The molecule has 4 N–H and O–H groups in total. The second-order valence-corrected chi connectivity index (χ2v) is 19.1. The van der Waals surface area contributed by atoms with Gasteiger partial charge in [-0.3, -0.25) is 4.79 Å². The monoisotopic (exact) mass is 884 g/mol. The van der Waals surface area contributed by atoms with Crippen molar-refractivity contribution in [2.24, 2.45) is 0 Å². The predicted octanol–water partition coefficient (Wildman–Crippen LogP) is 17.2. The Labute approximate surface area is 393 Å². The number of carbonyl (C=O) groups excluding carboxylic acids is 1. The minimum atomic E-state index is -1.11. The van der Waals surface area contributed by atoms with Crippen molar-refractivity contribution < 1.29 is 20.1 Å². The Morgan fingerprint density at radius 3 is 0.968 bits per heavy atom. The third-order valence-corrected chi connectivity index (χ3v) is 12.9. The molecule has 3 unspecified atom stereocenters. The molecular formula is C58H109NO4. The highest BCUT2D eigenvalue weighted by atomic mass is 16.3. The van der Waals surface area contributed by atoms with Gasteiger partial charge in [-0.15, -0.1) is 0 Å². The number of rotatable bonds is 51. The van der Waals surface area contributed by atoms with Crippen LogP contribution in [-0.4, -0.2) is 46.1 Å². The van der Waals surface area contributed by atoms with Gasteiger partial charge in [-0.05, 0) is 70.6 Å². The molecule has 0 aromatic heterocycles. The Kier molecular flexibility index (Phi) is 51.5. The first-order valence-electron chi connectivity index (χ1n) is 28.0. The van der Waals surface area contributed by atoms with E-state index in [4.69, 9.17) is 0 Å². The summed E-state index contributed by atoms with van der Waals surface area (Å²) in [5, 5.41) is 33.3. The molecule has 63 heavy (non-hydrogen) atoms. The van der Waals surface area contributed by atoms with Crippen LogP contribution in [0.4, 0.5) is 0 Å². The summed E-state index contributed by atoms with van der Waals surface area (Å²) >= 11 is 0. The quantitative estimate of drug-likeness (QED) is 0.0362. The molecule has 0 saturated carbocycles. The molecule has 0 aliphatic heterocycles. The number of unbranched alkanes of at least 4 members (excludes halogenated alkanes) is 37. The fourth-order valence-corrected chi connectivity index (χ4v) is 8.51. The molecule has 0 radical (unpaired) electrons. The second-order valence-electron chi connectivity index (χ2n) is 19.1. The van der Waals surface area contributed by atoms with Crippen LogP contribution in [0.3, 0.4) is 0 Å². The molecule has 0 spiro atoms. The summed E-state index contributed by atoms with van der Waals surface area (Å²) in [5.41, 5.74) is 0. The number of carbonyl (C=O) groups is 1. The van der Waals surface area contributed by atoms with Gasteiger partial charge in [0.05, 0.1) is 18.8 Å². The number of hydrogen-bond acceptors (Lipinski definition) is 4. The van der Waals surface area contributed by atoms with E-state index in [1.807, 2.05) is 6.08 Å². The Balaban J connectivity index is 3.63. The summed E-state index contributed by atoms with van der Waals surface area (Å²) in [4.78, 5) is 12.5. The van der Waals surface area contributed by atoms with Gasteiger partial charge in [-0.25, -0.2) is 0 Å². The zero-order valence-electron chi connectivity index (χ0n) is 42.2. The lowest BCUT2D eigenvalue weighted by molar-refractivity contribution is -0.131. The summed E-state index contributed by atoms with van der Waals surface area (Å²) in [5.74, 6) is -0.515. The van der Waals surface area contributed by atoms with Gasteiger partial charge in [-0.2, -0.15) is 0 Å². The smallest absolute Gasteiger partial charge is 0.249 e. The molecule has 5 heteroatoms. The average Bonchev–Trinajstić information content (AvgIpc) is 3.29. The van der Waals surface area contributed by atoms with E-state index in [2.05, 4.69) is 55.6 Å². The maximum atomic E-state index is 12.5. The van der Waals surface area contributed by atoms with Crippen molar-refractivity contribution in [1.29, 1.82) is 0 Å². The van der Waals surface area contributed by atoms with Crippen LogP contribution in [0.15, 0.2) is 48.6 Å². The number of nitrogens with one attached hydrogen (secondary N) is 1. The lowest BCUT2D eigenvalue weighted by atomic mass is 10.0. The van der Waals surface area contributed by atoms with E-state index < -0.39 is 24.2 Å². The Morgan fingerprint density at radius 2 is 0.651 bits per heavy atom. The Morgan fingerprint density at radius 1 is 0.381 bits per heavy atom. The fraction of sp³-hybridized carbons (Fsp3) is 0.845. The van der Waals surface area contributed by atoms with E-state index >= 15 is 0 Å². The van der Waals surface area contributed by atoms with Gasteiger partial charge in [0.25, 0.3) is 0 Å². The minimum absolute atomic E-state index is 0.381. The molecule has 0 aromatic carbocycles. The van der Waals surface area contributed by atoms with Gasteiger partial charge in [0.2, 0.25) is 5.91 Å². The number of aliphatic hydroxyl groups excluding tert-OH is 3. The van der Waals surface area contributed by atoms with E-state index in [1.165, 1.54) is 225 Å². The van der Waals surface area contributed by atoms with Crippen molar-refractivity contribution in [2.75, 3.05) is 6.61 Å². The third kappa shape index (κ3) is 48.1. The molecular weight excluding hydrogens is 775 g/mol. The molecule has 0 saturated heterocycles. The van der Waals surface area contributed by atoms with Crippen LogP contribution < -0.4 is 5.32 Å². The van der Waals surface area contributed by atoms with Gasteiger partial charge in [0, 0.05) is 0 Å². The zero-order valence-corrected chi connectivity index (χ0v) is 42.2. The van der Waals surface area contributed by atoms with Crippen molar-refractivity contribution in [3.8, 4) is 0 Å². The minimum Gasteiger partial charge on any atom is -0.394 e. The first kappa shape index (κ1) is 61.3. The lowest BCUT2D eigenvalue weighted by Crippen LogP contribution is -2.48. The van der Waals surface area contributed by atoms with E-state index in [0.29, 0.717) is 6.42 Å². The lowest BCUT2D eigenvalue weighted by Gasteiger charge is -2.21. The summed E-state index contributed by atoms with van der Waals surface area (Å²) in [6.07, 6.45) is 70.4. The molecule has 0 heterocycles. The molecule has 0 aromatic rings. The molecule has 0 rings (SSSR count). The molecule has 0 fully saturated rings. The van der Waals surface area contributed by atoms with Crippen LogP contribution in [0, 0.1) is 0 Å². The summed E-state index contributed by atoms with van der Waals surface area (Å²) in [7, 11) is 0. The maximum Gasteiger partial charge on any atom is 0.249 e. The molecule has 5 nitrogen and oxygen atoms in total. The fourth-order valence-electron chi connectivity index (χ4n) is 8.51. The van der Waals surface area contributed by atoms with Crippen LogP contribution in [-0.2, 0) is 4.79 Å². The number of aliphatic hydroxyl groups is 3. The number of amides is 1. The number of allylic oxidation sites excluding steroid dienone is 7. The molecule has 1 amide bonds. The Bertz CT molecular complexity index is 1020. The zero-order chi connectivity index (χ0) is 45.8. The van der Waals surface area contributed by atoms with Crippen LogP contribution in [0.2, 0.25) is 0 Å². The average molecular weight is 885 g/mol. The largest absolute Gasteiger partial charge is 0.394 e. The van der Waals surface area contributed by atoms with Gasteiger partial charge in [0.1, 0.15) is 6.10 Å². The predicted molar refractivity (Wildman–Crippen MR) is 277 cm³/mol. The molecule has 0 aliphatic rings. The van der Waals surface area contributed by atoms with Gasteiger partial charge in [0.15, 0.2) is 0 Å². The topological polar surface area (TPSA) is 89.8 Å². The highest BCUT2D eigenvalue weighted by Crippen LogP contribution is 2.16. The standard InChI is InChI=1S/C58H109NO4/c1-3-5-7-9-11-13-15-17-19-21-23-25-27-28-29-30-31-33-35-37-39-41-43-45-47-49-51-53-57(62)58(63)59-55(54-60)56(61)52-50-48-46-44-42-40-38-36-34-32-26-24-22-20-18-16-14-12-10-8-6-4-2/h28-29,34,36,42,44,50,52,55-57,60-62H,3-27,30-33,35,37-41,43,45-49,51,53-54H2,1-2H3,(H,59,63)/b29-28-,36-34+,44-42+,52-50+. The number of hydrogen-bond donors (Lipinski definition) is 4. The molecule has 0 bridgehead atoms. The highest BCUT2D eigenvalue weighted by molar-refractivity contribution is 5.80. The summed E-state index contributed by atoms with van der Waals surface area (Å²) in [6, 6.07) is -0.823. The van der Waals surface area contributed by atoms with Crippen LogP contribution in [0.5, 0.6) is 0 Å². The van der Waals surface area contributed by atoms with E-state index in [9.17, 15) is 20.1 Å². The summed E-state index contributed by atoms with van der Waals surface area (Å²) < 4.78 is 0. The van der Waals surface area contributed by atoms with Gasteiger partial charge >= 0.3 is 0 Å². The first-order chi connectivity index (χ1) is 31.1. The second kappa shape index (κ2) is 52.9. The van der Waals surface area contributed by atoms with E-state index in [0.717, 1.165) is 44.9 Å². The third-order valence-electron chi connectivity index (χ3n) is 12.9. The van der Waals surface area contributed by atoms with Crippen molar-refractivity contribution in [3.63, 3.8) is 0 Å². The summed E-state index contributed by atoms with van der Waals surface area (Å²) in [6.45, 7) is 4.19. The van der Waals surface area contributed by atoms with Crippen molar-refractivity contribution in [1.82, 2.24) is 5.32 Å². The SMILES string of the molecule is CCCCCCCCCCCCCC/C=C\CCCCCCCCCCCCCC(O)C(=O)NC(CO)C(O)/C=C/CC/C=C/CC/C=C/CCCCCCCCCCCCCC. The Hall–Kier alpha value is -1.69. The van der Waals surface area contributed by atoms with Crippen LogP contribution >= 0.6 is 0 Å². The normalized spacial score (nSPS) is 13.7.